The first kappa shape index (κ1) is 25.6. The molecule has 0 heterocycles. The van der Waals surface area contributed by atoms with Crippen molar-refractivity contribution in [1.82, 2.24) is 0 Å². The van der Waals surface area contributed by atoms with Crippen LogP contribution in [0.25, 0.3) is 0 Å². The first-order valence-electron chi connectivity index (χ1n) is 10.3. The van der Waals surface area contributed by atoms with Crippen LogP contribution in [0.5, 0.6) is 0 Å². The topological polar surface area (TPSA) is 57.5 Å². The van der Waals surface area contributed by atoms with Crippen LogP contribution in [-0.2, 0) is 4.79 Å². The molecule has 3 heteroatoms. The minimum absolute atomic E-state index is 0.296. The molecule has 0 aromatic heterocycles. The van der Waals surface area contributed by atoms with Gasteiger partial charge >= 0.3 is 0 Å². The molecule has 2 unspecified atom stereocenters. The van der Waals surface area contributed by atoms with Crippen LogP contribution in [-0.4, -0.2) is 28.2 Å². The molecule has 0 amide bonds. The minimum Gasteiger partial charge on any atom is -0.393 e. The summed E-state index contributed by atoms with van der Waals surface area (Å²) < 4.78 is 0. The zero-order chi connectivity index (χ0) is 22.8. The smallest absolute Gasteiger partial charge is 0.142 e. The van der Waals surface area contributed by atoms with Crippen molar-refractivity contribution in [2.45, 2.75) is 66.1 Å². The van der Waals surface area contributed by atoms with E-state index in [0.717, 1.165) is 28.6 Å². The third kappa shape index (κ3) is 8.92. The lowest BCUT2D eigenvalue weighted by molar-refractivity contribution is -0.104. The molecule has 2 atom stereocenters. The third-order valence-corrected chi connectivity index (χ3v) is 5.02. The summed E-state index contributed by atoms with van der Waals surface area (Å²) in [5.41, 5.74) is 5.94. The molecule has 1 aliphatic carbocycles. The Kier molecular flexibility index (Phi) is 9.95. The summed E-state index contributed by atoms with van der Waals surface area (Å²) in [6, 6.07) is 0. The number of carbonyl (C=O) groups excluding carboxylic acids is 1. The van der Waals surface area contributed by atoms with Crippen LogP contribution in [0.1, 0.15) is 54.4 Å². The van der Waals surface area contributed by atoms with E-state index in [1.165, 1.54) is 6.08 Å². The Bertz CT molecular complexity index is 829. The number of carbonyl (C=O) groups is 1. The van der Waals surface area contributed by atoms with E-state index in [9.17, 15) is 15.0 Å². The fourth-order valence-corrected chi connectivity index (χ4v) is 3.71. The van der Waals surface area contributed by atoms with Crippen molar-refractivity contribution in [3.63, 3.8) is 0 Å². The van der Waals surface area contributed by atoms with E-state index in [0.29, 0.717) is 12.8 Å². The zero-order valence-corrected chi connectivity index (χ0v) is 19.1. The summed E-state index contributed by atoms with van der Waals surface area (Å²) in [5, 5.41) is 20.8. The largest absolute Gasteiger partial charge is 0.393 e. The van der Waals surface area contributed by atoms with Crippen molar-refractivity contribution in [3.05, 3.63) is 88.8 Å². The maximum atomic E-state index is 10.7. The summed E-state index contributed by atoms with van der Waals surface area (Å²) in [5.74, 6) is 0. The molecule has 0 aromatic carbocycles. The summed E-state index contributed by atoms with van der Waals surface area (Å²) in [4.78, 5) is 10.3. The minimum atomic E-state index is -1.05. The second kappa shape index (κ2) is 11.7. The molecule has 162 valence electrons. The fourth-order valence-electron chi connectivity index (χ4n) is 3.71. The molecule has 3 nitrogen and oxygen atoms in total. The van der Waals surface area contributed by atoms with E-state index >= 15 is 0 Å². The van der Waals surface area contributed by atoms with Gasteiger partial charge in [-0.25, -0.2) is 0 Å². The molecule has 1 fully saturated rings. The molecule has 2 N–H and O–H groups in total. The normalized spacial score (nSPS) is 25.9. The fraction of sp³-hybridized carbons (Fsp3) is 0.407. The molecule has 0 spiro atoms. The predicted molar refractivity (Wildman–Crippen MR) is 126 cm³/mol. The maximum Gasteiger partial charge on any atom is 0.142 e. The van der Waals surface area contributed by atoms with Crippen LogP contribution in [0, 0.1) is 5.41 Å². The predicted octanol–water partition coefficient (Wildman–Crippen LogP) is 5.71. The van der Waals surface area contributed by atoms with E-state index in [4.69, 9.17) is 0 Å². The number of hydrogen-bond donors (Lipinski definition) is 2. The monoisotopic (exact) mass is 408 g/mol. The van der Waals surface area contributed by atoms with Crippen molar-refractivity contribution < 1.29 is 15.0 Å². The molecular formula is C27H36O3. The van der Waals surface area contributed by atoms with Gasteiger partial charge in [-0.15, -0.1) is 5.73 Å². The Morgan fingerprint density at radius 2 is 1.43 bits per heavy atom. The summed E-state index contributed by atoms with van der Waals surface area (Å²) in [6.45, 7) is 11.8. The first-order chi connectivity index (χ1) is 14.0. The van der Waals surface area contributed by atoms with Gasteiger partial charge < -0.3 is 10.2 Å². The summed E-state index contributed by atoms with van der Waals surface area (Å²) >= 11 is 0. The highest BCUT2D eigenvalue weighted by Crippen LogP contribution is 2.45. The molecule has 0 aliphatic heterocycles. The number of aldehydes is 1. The van der Waals surface area contributed by atoms with Crippen molar-refractivity contribution in [2.24, 2.45) is 5.41 Å². The lowest BCUT2D eigenvalue weighted by Crippen LogP contribution is -2.45. The SMILES string of the molecule is CC(C=C=C1C(C)(C)CC(O)CC1(C)O)=CC=CC(C)=CC=CC=C(C)C=CC=O. The number of rotatable bonds is 7. The van der Waals surface area contributed by atoms with E-state index in [2.05, 4.69) is 5.73 Å². The Morgan fingerprint density at radius 3 is 1.97 bits per heavy atom. The van der Waals surface area contributed by atoms with Crippen LogP contribution >= 0.6 is 0 Å². The van der Waals surface area contributed by atoms with Crippen LogP contribution in [0.3, 0.4) is 0 Å². The maximum absolute atomic E-state index is 10.7. The number of aliphatic hydroxyl groups is 2. The highest BCUT2D eigenvalue weighted by Gasteiger charge is 2.44. The highest BCUT2D eigenvalue weighted by molar-refractivity contribution is 5.65. The standard InChI is InChI=1S/C27H36O3/c1-21(11-7-8-12-22(2)15-10-18-28)13-9-14-23(3)16-17-25-26(4,5)19-24(29)20-27(25,6)30/h7-16,18,24,29-30H,19-20H2,1-6H3. The van der Waals surface area contributed by atoms with E-state index < -0.39 is 11.7 Å². The molecule has 0 saturated heterocycles. The molecule has 1 rings (SSSR count). The van der Waals surface area contributed by atoms with Gasteiger partial charge in [0.05, 0.1) is 11.7 Å². The van der Waals surface area contributed by atoms with Crippen LogP contribution in [0.2, 0.25) is 0 Å². The van der Waals surface area contributed by atoms with Crippen LogP contribution in [0.4, 0.5) is 0 Å². The average Bonchev–Trinajstić information content (AvgIpc) is 2.61. The van der Waals surface area contributed by atoms with Gasteiger partial charge in [0.1, 0.15) is 6.29 Å². The van der Waals surface area contributed by atoms with Gasteiger partial charge in [-0.3, -0.25) is 4.79 Å². The Labute approximate surface area is 181 Å². The molecule has 0 aromatic rings. The molecule has 1 aliphatic rings. The average molecular weight is 409 g/mol. The van der Waals surface area contributed by atoms with Crippen LogP contribution in [0.15, 0.2) is 88.8 Å². The van der Waals surface area contributed by atoms with E-state index in [1.807, 2.05) is 83.2 Å². The third-order valence-electron chi connectivity index (χ3n) is 5.02. The van der Waals surface area contributed by atoms with Gasteiger partial charge in [-0.05, 0) is 57.3 Å². The zero-order valence-electron chi connectivity index (χ0n) is 19.1. The lowest BCUT2D eigenvalue weighted by Gasteiger charge is -2.43. The molecule has 1 saturated carbocycles. The van der Waals surface area contributed by atoms with Gasteiger partial charge in [0, 0.05) is 12.0 Å². The molecular weight excluding hydrogens is 372 g/mol. The molecule has 30 heavy (non-hydrogen) atoms. The van der Waals surface area contributed by atoms with Crippen molar-refractivity contribution >= 4 is 6.29 Å². The van der Waals surface area contributed by atoms with Gasteiger partial charge in [-0.1, -0.05) is 73.6 Å². The van der Waals surface area contributed by atoms with Gasteiger partial charge in [-0.2, -0.15) is 0 Å². The second-order valence-corrected chi connectivity index (χ2v) is 8.85. The van der Waals surface area contributed by atoms with Gasteiger partial charge in [0.2, 0.25) is 0 Å². The van der Waals surface area contributed by atoms with Crippen molar-refractivity contribution in [2.75, 3.05) is 0 Å². The van der Waals surface area contributed by atoms with Gasteiger partial charge in [0.15, 0.2) is 0 Å². The second-order valence-electron chi connectivity index (χ2n) is 8.85. The Hall–Kier alpha value is -2.45. The Balaban J connectivity index is 2.85. The number of allylic oxidation sites excluding steroid dienone is 12. The Morgan fingerprint density at radius 1 is 0.900 bits per heavy atom. The summed E-state index contributed by atoms with van der Waals surface area (Å²) in [6.07, 6.45) is 20.2. The summed E-state index contributed by atoms with van der Waals surface area (Å²) in [7, 11) is 0. The van der Waals surface area contributed by atoms with Crippen molar-refractivity contribution in [3.8, 4) is 0 Å². The van der Waals surface area contributed by atoms with Crippen LogP contribution < -0.4 is 0 Å². The highest BCUT2D eigenvalue weighted by atomic mass is 16.3. The van der Waals surface area contributed by atoms with E-state index in [-0.39, 0.29) is 5.41 Å². The van der Waals surface area contributed by atoms with Crippen molar-refractivity contribution in [1.29, 1.82) is 0 Å². The van der Waals surface area contributed by atoms with Gasteiger partial charge in [0.25, 0.3) is 0 Å². The molecule has 0 bridgehead atoms. The first-order valence-corrected chi connectivity index (χ1v) is 10.3. The quantitative estimate of drug-likeness (QED) is 0.246. The lowest BCUT2D eigenvalue weighted by atomic mass is 9.65. The molecule has 0 radical (unpaired) electrons. The number of aliphatic hydroxyl groups excluding tert-OH is 1. The van der Waals surface area contributed by atoms with E-state index in [1.54, 1.807) is 13.0 Å². The number of hydrogen-bond acceptors (Lipinski definition) is 3.